The zero-order valence-electron chi connectivity index (χ0n) is 12.9. The molecule has 0 atom stereocenters. The van der Waals surface area contributed by atoms with Gasteiger partial charge in [-0.3, -0.25) is 9.59 Å². The van der Waals surface area contributed by atoms with Crippen molar-refractivity contribution in [3.63, 3.8) is 0 Å². The van der Waals surface area contributed by atoms with Gasteiger partial charge in [-0.2, -0.15) is 0 Å². The van der Waals surface area contributed by atoms with Crippen molar-refractivity contribution in [1.82, 2.24) is 10.6 Å². The normalized spacial score (nSPS) is 20.9. The van der Waals surface area contributed by atoms with E-state index < -0.39 is 11.8 Å². The van der Waals surface area contributed by atoms with Gasteiger partial charge in [-0.25, -0.2) is 0 Å². The number of carbonyl (C=O) groups excluding carboxylic acids is 2. The maximum Gasteiger partial charge on any atom is 0.309 e. The molecule has 1 heterocycles. The number of hydrogen-bond acceptors (Lipinski definition) is 3. The van der Waals surface area contributed by atoms with E-state index in [1.807, 2.05) is 0 Å². The lowest BCUT2D eigenvalue weighted by atomic mass is 9.84. The van der Waals surface area contributed by atoms with E-state index in [1.54, 1.807) is 11.3 Å². The van der Waals surface area contributed by atoms with Crippen LogP contribution < -0.4 is 10.6 Å². The molecule has 3 rings (SSSR count). The van der Waals surface area contributed by atoms with Crippen molar-refractivity contribution in [2.45, 2.75) is 62.8 Å². The smallest absolute Gasteiger partial charge is 0.309 e. The van der Waals surface area contributed by atoms with Gasteiger partial charge in [-0.05, 0) is 37.1 Å². The van der Waals surface area contributed by atoms with Crippen LogP contribution in [0, 0.1) is 0 Å². The zero-order chi connectivity index (χ0) is 15.4. The van der Waals surface area contributed by atoms with Crippen LogP contribution >= 0.6 is 11.3 Å². The lowest BCUT2D eigenvalue weighted by Gasteiger charge is -2.28. The highest BCUT2D eigenvalue weighted by Gasteiger charge is 2.37. The van der Waals surface area contributed by atoms with Crippen LogP contribution in [-0.4, -0.2) is 24.4 Å². The Balaban J connectivity index is 1.55. The average Bonchev–Trinajstić information content (AvgIpc) is 3.25. The summed E-state index contributed by atoms with van der Waals surface area (Å²) in [5.41, 5.74) is 0.0392. The Morgan fingerprint density at radius 2 is 1.86 bits per heavy atom. The van der Waals surface area contributed by atoms with E-state index >= 15 is 0 Å². The van der Waals surface area contributed by atoms with Crippen LogP contribution in [0.4, 0.5) is 0 Å². The van der Waals surface area contributed by atoms with Crippen LogP contribution in [0.5, 0.6) is 0 Å². The van der Waals surface area contributed by atoms with Crippen molar-refractivity contribution >= 4 is 23.2 Å². The predicted octanol–water partition coefficient (Wildman–Crippen LogP) is 2.73. The fraction of sp³-hybridized carbons (Fsp3) is 0.647. The molecule has 0 spiro atoms. The number of thiophene rings is 1. The predicted molar refractivity (Wildman–Crippen MR) is 87.9 cm³/mol. The fourth-order valence-corrected chi connectivity index (χ4v) is 4.78. The van der Waals surface area contributed by atoms with Crippen molar-refractivity contribution in [3.05, 3.63) is 22.4 Å². The molecule has 0 aliphatic heterocycles. The summed E-state index contributed by atoms with van der Waals surface area (Å²) in [6.07, 6.45) is 8.87. The molecular formula is C17H24N2O2S. The molecule has 2 amide bonds. The third kappa shape index (κ3) is 3.35. The van der Waals surface area contributed by atoms with Gasteiger partial charge in [0.05, 0.1) is 0 Å². The second kappa shape index (κ2) is 6.82. The topological polar surface area (TPSA) is 58.2 Å². The molecule has 2 fully saturated rings. The van der Waals surface area contributed by atoms with Gasteiger partial charge in [0.25, 0.3) is 0 Å². The van der Waals surface area contributed by atoms with Gasteiger partial charge >= 0.3 is 11.8 Å². The molecule has 120 valence electrons. The molecule has 0 bridgehead atoms. The van der Waals surface area contributed by atoms with Gasteiger partial charge in [-0.1, -0.05) is 31.7 Å². The van der Waals surface area contributed by atoms with E-state index in [0.29, 0.717) is 6.54 Å². The lowest BCUT2D eigenvalue weighted by Crippen LogP contribution is -2.47. The van der Waals surface area contributed by atoms with E-state index in [0.717, 1.165) is 38.5 Å². The molecule has 1 aromatic heterocycles. The Bertz CT molecular complexity index is 515. The highest BCUT2D eigenvalue weighted by Crippen LogP contribution is 2.42. The molecule has 1 aromatic rings. The van der Waals surface area contributed by atoms with Crippen LogP contribution in [0.1, 0.15) is 56.2 Å². The SMILES string of the molecule is O=C(NCC1(c2cccs2)CCCC1)C(=O)NC1CCCC1. The monoisotopic (exact) mass is 320 g/mol. The van der Waals surface area contributed by atoms with Gasteiger partial charge in [0.1, 0.15) is 0 Å². The van der Waals surface area contributed by atoms with Crippen LogP contribution in [0.25, 0.3) is 0 Å². The van der Waals surface area contributed by atoms with Crippen molar-refractivity contribution < 1.29 is 9.59 Å². The standard InChI is InChI=1S/C17H24N2O2S/c20-15(16(21)19-13-6-1-2-7-13)18-12-17(9-3-4-10-17)14-8-5-11-22-14/h5,8,11,13H,1-4,6-7,9-10,12H2,(H,18,20)(H,19,21). The number of nitrogens with one attached hydrogen (secondary N) is 2. The second-order valence-corrected chi connectivity index (χ2v) is 7.55. The molecule has 5 heteroatoms. The molecule has 0 unspecified atom stereocenters. The van der Waals surface area contributed by atoms with E-state index in [9.17, 15) is 9.59 Å². The third-order valence-corrected chi connectivity index (χ3v) is 6.20. The molecule has 4 nitrogen and oxygen atoms in total. The number of amides is 2. The molecule has 2 N–H and O–H groups in total. The zero-order valence-corrected chi connectivity index (χ0v) is 13.7. The van der Waals surface area contributed by atoms with Crippen molar-refractivity contribution in [2.24, 2.45) is 0 Å². The van der Waals surface area contributed by atoms with Gasteiger partial charge in [0.15, 0.2) is 0 Å². The average molecular weight is 320 g/mol. The van der Waals surface area contributed by atoms with E-state index in [1.165, 1.54) is 17.7 Å². The van der Waals surface area contributed by atoms with Gasteiger partial charge in [0.2, 0.25) is 0 Å². The Morgan fingerprint density at radius 1 is 1.14 bits per heavy atom. The minimum atomic E-state index is -0.477. The van der Waals surface area contributed by atoms with Crippen molar-refractivity contribution in [3.8, 4) is 0 Å². The van der Waals surface area contributed by atoms with Crippen molar-refractivity contribution in [1.29, 1.82) is 0 Å². The van der Waals surface area contributed by atoms with Gasteiger partial charge in [0, 0.05) is 22.9 Å². The Labute approximate surface area is 135 Å². The number of carbonyl (C=O) groups is 2. The first-order valence-electron chi connectivity index (χ1n) is 8.32. The minimum absolute atomic E-state index is 0.0392. The summed E-state index contributed by atoms with van der Waals surface area (Å²) >= 11 is 1.75. The van der Waals surface area contributed by atoms with E-state index in [4.69, 9.17) is 0 Å². The molecule has 0 aromatic carbocycles. The van der Waals surface area contributed by atoms with Crippen molar-refractivity contribution in [2.75, 3.05) is 6.54 Å². The van der Waals surface area contributed by atoms with Crippen LogP contribution in [0.2, 0.25) is 0 Å². The molecular weight excluding hydrogens is 296 g/mol. The summed E-state index contributed by atoms with van der Waals surface area (Å²) in [7, 11) is 0. The summed E-state index contributed by atoms with van der Waals surface area (Å²) in [5.74, 6) is -0.944. The Morgan fingerprint density at radius 3 is 2.50 bits per heavy atom. The third-order valence-electron chi connectivity index (χ3n) is 5.09. The second-order valence-electron chi connectivity index (χ2n) is 6.60. The minimum Gasteiger partial charge on any atom is -0.347 e. The lowest BCUT2D eigenvalue weighted by molar-refractivity contribution is -0.139. The summed E-state index contributed by atoms with van der Waals surface area (Å²) < 4.78 is 0. The Hall–Kier alpha value is -1.36. The van der Waals surface area contributed by atoms with Crippen LogP contribution in [0.15, 0.2) is 17.5 Å². The fourth-order valence-electron chi connectivity index (χ4n) is 3.79. The van der Waals surface area contributed by atoms with Crippen LogP contribution in [-0.2, 0) is 15.0 Å². The first-order chi connectivity index (χ1) is 10.7. The summed E-state index contributed by atoms with van der Waals surface area (Å²) in [4.78, 5) is 25.4. The molecule has 22 heavy (non-hydrogen) atoms. The highest BCUT2D eigenvalue weighted by molar-refractivity contribution is 7.10. The highest BCUT2D eigenvalue weighted by atomic mass is 32.1. The molecule has 0 saturated heterocycles. The first-order valence-corrected chi connectivity index (χ1v) is 9.20. The summed E-state index contributed by atoms with van der Waals surface area (Å²) in [6, 6.07) is 4.41. The van der Waals surface area contributed by atoms with E-state index in [-0.39, 0.29) is 11.5 Å². The van der Waals surface area contributed by atoms with E-state index in [2.05, 4.69) is 28.1 Å². The maximum absolute atomic E-state index is 12.1. The number of hydrogen-bond donors (Lipinski definition) is 2. The number of rotatable bonds is 4. The largest absolute Gasteiger partial charge is 0.347 e. The maximum atomic E-state index is 12.1. The van der Waals surface area contributed by atoms with Gasteiger partial charge < -0.3 is 10.6 Å². The molecule has 2 saturated carbocycles. The summed E-state index contributed by atoms with van der Waals surface area (Å²) in [5, 5.41) is 7.82. The first kappa shape index (κ1) is 15.5. The molecule has 2 aliphatic carbocycles. The summed E-state index contributed by atoms with van der Waals surface area (Å²) in [6.45, 7) is 0.574. The quantitative estimate of drug-likeness (QED) is 0.838. The van der Waals surface area contributed by atoms with Gasteiger partial charge in [-0.15, -0.1) is 11.3 Å². The Kier molecular flexibility index (Phi) is 4.81. The molecule has 2 aliphatic rings. The molecule has 0 radical (unpaired) electrons. The van der Waals surface area contributed by atoms with Crippen LogP contribution in [0.3, 0.4) is 0 Å².